The fraction of sp³-hybridized carbons (Fsp3) is 0.250. The third kappa shape index (κ3) is 5.46. The maximum absolute atomic E-state index is 14.8. The Morgan fingerprint density at radius 3 is 2.62 bits per heavy atom. The van der Waals surface area contributed by atoms with Gasteiger partial charge in [-0.15, -0.1) is 0 Å². The Hall–Kier alpha value is -3.64. The lowest BCUT2D eigenvalue weighted by Crippen LogP contribution is -2.05. The van der Waals surface area contributed by atoms with E-state index in [1.54, 1.807) is 43.5 Å². The lowest BCUT2D eigenvalue weighted by atomic mass is 9.92. The molecule has 1 aliphatic carbocycles. The topological polar surface area (TPSA) is 76.0 Å². The summed E-state index contributed by atoms with van der Waals surface area (Å²) in [5, 5.41) is 19.0. The Labute approximate surface area is 198 Å². The van der Waals surface area contributed by atoms with Crippen LogP contribution >= 0.6 is 0 Å². The molecular formula is C28H27FO5. The van der Waals surface area contributed by atoms with E-state index in [1.807, 2.05) is 18.2 Å². The second-order valence-corrected chi connectivity index (χ2v) is 8.32. The van der Waals surface area contributed by atoms with Gasteiger partial charge in [-0.1, -0.05) is 30.3 Å². The van der Waals surface area contributed by atoms with E-state index in [2.05, 4.69) is 6.08 Å². The average molecular weight is 463 g/mol. The molecule has 0 bridgehead atoms. The van der Waals surface area contributed by atoms with Gasteiger partial charge in [0.25, 0.3) is 0 Å². The fourth-order valence-electron chi connectivity index (χ4n) is 4.20. The molecule has 2 N–H and O–H groups in total. The van der Waals surface area contributed by atoms with Crippen molar-refractivity contribution in [3.63, 3.8) is 0 Å². The van der Waals surface area contributed by atoms with Crippen LogP contribution in [0.1, 0.15) is 48.5 Å². The minimum absolute atomic E-state index is 0.277. The Bertz CT molecular complexity index is 1220. The summed E-state index contributed by atoms with van der Waals surface area (Å²) in [4.78, 5) is 10.9. The fourth-order valence-corrected chi connectivity index (χ4v) is 4.20. The van der Waals surface area contributed by atoms with Crippen molar-refractivity contribution in [3.05, 3.63) is 89.2 Å². The number of rotatable bonds is 9. The van der Waals surface area contributed by atoms with Crippen LogP contribution in [0.15, 0.2) is 66.7 Å². The van der Waals surface area contributed by atoms with Crippen molar-refractivity contribution in [2.45, 2.75) is 38.4 Å². The van der Waals surface area contributed by atoms with Crippen molar-refractivity contribution in [2.24, 2.45) is 0 Å². The number of benzene rings is 3. The number of carboxylic acids is 1. The van der Waals surface area contributed by atoms with Gasteiger partial charge in [0.15, 0.2) is 0 Å². The molecular weight excluding hydrogens is 435 g/mol. The van der Waals surface area contributed by atoms with Crippen molar-refractivity contribution < 1.29 is 28.9 Å². The van der Waals surface area contributed by atoms with Gasteiger partial charge in [-0.3, -0.25) is 4.79 Å². The summed E-state index contributed by atoms with van der Waals surface area (Å²) < 4.78 is 26.0. The molecule has 0 heterocycles. The summed E-state index contributed by atoms with van der Waals surface area (Å²) in [6.45, 7) is 0.277. The zero-order chi connectivity index (χ0) is 24.1. The van der Waals surface area contributed by atoms with E-state index in [-0.39, 0.29) is 18.8 Å². The second-order valence-electron chi connectivity index (χ2n) is 8.32. The largest absolute Gasteiger partial charge is 0.497 e. The monoisotopic (exact) mass is 462 g/mol. The first-order chi connectivity index (χ1) is 16.4. The van der Waals surface area contributed by atoms with Crippen LogP contribution in [0.4, 0.5) is 4.39 Å². The second kappa shape index (κ2) is 10.5. The summed E-state index contributed by atoms with van der Waals surface area (Å²) in [6.07, 6.45) is 3.74. The van der Waals surface area contributed by atoms with Gasteiger partial charge in [0.1, 0.15) is 23.9 Å². The minimum Gasteiger partial charge on any atom is -0.497 e. The van der Waals surface area contributed by atoms with E-state index in [0.29, 0.717) is 22.6 Å². The molecule has 0 unspecified atom stereocenters. The number of carboxylic acid groups (broad SMARTS) is 1. The standard InChI is InChI=1S/C28H27FO5/c1-33-21-10-12-26(29)25(15-21)23-11-9-18(13-24(23)19-5-2-3-6-19)17-34-22-8-4-7-20(14-22)27(30)16-28(31)32/h4-5,7-15,27,30H,2-3,6,16-17H2,1H3,(H,31,32)/t27-/m1/s1. The van der Waals surface area contributed by atoms with E-state index in [1.165, 1.54) is 11.6 Å². The van der Waals surface area contributed by atoms with E-state index >= 15 is 0 Å². The minimum atomic E-state index is -1.10. The van der Waals surface area contributed by atoms with E-state index in [9.17, 15) is 14.3 Å². The predicted octanol–water partition coefficient (Wildman–Crippen LogP) is 6.16. The molecule has 6 heteroatoms. The van der Waals surface area contributed by atoms with Crippen LogP contribution in [-0.4, -0.2) is 23.3 Å². The maximum atomic E-state index is 14.8. The number of hydrogen-bond acceptors (Lipinski definition) is 4. The number of ether oxygens (including phenoxy) is 2. The number of aliphatic hydroxyl groups excluding tert-OH is 1. The van der Waals surface area contributed by atoms with Gasteiger partial charge in [-0.25, -0.2) is 4.39 Å². The van der Waals surface area contributed by atoms with E-state index in [0.717, 1.165) is 36.0 Å². The van der Waals surface area contributed by atoms with Crippen LogP contribution in [0, 0.1) is 5.82 Å². The smallest absolute Gasteiger partial charge is 0.306 e. The molecule has 1 aliphatic rings. The van der Waals surface area contributed by atoms with Crippen molar-refractivity contribution in [2.75, 3.05) is 7.11 Å². The van der Waals surface area contributed by atoms with Crippen LogP contribution < -0.4 is 9.47 Å². The molecule has 0 aromatic heterocycles. The lowest BCUT2D eigenvalue weighted by Gasteiger charge is -2.16. The molecule has 0 saturated carbocycles. The van der Waals surface area contributed by atoms with E-state index in [4.69, 9.17) is 14.6 Å². The number of aliphatic carboxylic acids is 1. The molecule has 0 aliphatic heterocycles. The molecule has 3 aromatic carbocycles. The highest BCUT2D eigenvalue weighted by Gasteiger charge is 2.17. The lowest BCUT2D eigenvalue weighted by molar-refractivity contribution is -0.139. The molecule has 0 saturated heterocycles. The first-order valence-electron chi connectivity index (χ1n) is 11.2. The summed E-state index contributed by atoms with van der Waals surface area (Å²) in [5.41, 5.74) is 4.89. The average Bonchev–Trinajstić information content (AvgIpc) is 3.38. The molecule has 176 valence electrons. The molecule has 0 spiro atoms. The van der Waals surface area contributed by atoms with E-state index < -0.39 is 12.1 Å². The van der Waals surface area contributed by atoms with Crippen LogP contribution in [0.25, 0.3) is 16.7 Å². The summed E-state index contributed by atoms with van der Waals surface area (Å²) in [7, 11) is 1.56. The highest BCUT2D eigenvalue weighted by Crippen LogP contribution is 2.38. The summed E-state index contributed by atoms with van der Waals surface area (Å²) >= 11 is 0. The van der Waals surface area contributed by atoms with Crippen molar-refractivity contribution in [1.82, 2.24) is 0 Å². The Morgan fingerprint density at radius 1 is 1.03 bits per heavy atom. The van der Waals surface area contributed by atoms with Gasteiger partial charge in [-0.2, -0.15) is 0 Å². The summed E-state index contributed by atoms with van der Waals surface area (Å²) in [6, 6.07) is 17.4. The van der Waals surface area contributed by atoms with Crippen LogP contribution in [0.5, 0.6) is 11.5 Å². The number of carbonyl (C=O) groups is 1. The molecule has 0 amide bonds. The van der Waals surface area contributed by atoms with Gasteiger partial charge in [0, 0.05) is 5.56 Å². The highest BCUT2D eigenvalue weighted by molar-refractivity contribution is 5.83. The Morgan fingerprint density at radius 2 is 1.88 bits per heavy atom. The maximum Gasteiger partial charge on any atom is 0.306 e. The van der Waals surface area contributed by atoms with Gasteiger partial charge < -0.3 is 19.7 Å². The first kappa shape index (κ1) is 23.5. The van der Waals surface area contributed by atoms with Crippen molar-refractivity contribution in [1.29, 1.82) is 0 Å². The number of hydrogen-bond donors (Lipinski definition) is 2. The Balaban J connectivity index is 1.60. The first-order valence-corrected chi connectivity index (χ1v) is 11.2. The number of aliphatic hydroxyl groups is 1. The normalized spacial score (nSPS) is 13.9. The number of halogens is 1. The third-order valence-corrected chi connectivity index (χ3v) is 5.95. The van der Waals surface area contributed by atoms with Crippen molar-refractivity contribution in [3.8, 4) is 22.6 Å². The SMILES string of the molecule is COc1ccc(F)c(-c2ccc(COc3cccc([C@H](O)CC(=O)O)c3)cc2C2=CCCC2)c1. The van der Waals surface area contributed by atoms with Gasteiger partial charge in [0.05, 0.1) is 19.6 Å². The number of methoxy groups -OCH3 is 1. The molecule has 4 rings (SSSR count). The van der Waals surface area contributed by atoms with Crippen LogP contribution in [0.2, 0.25) is 0 Å². The zero-order valence-electron chi connectivity index (χ0n) is 19.0. The van der Waals surface area contributed by atoms with Gasteiger partial charge in [-0.05, 0) is 83.5 Å². The van der Waals surface area contributed by atoms with Crippen LogP contribution in [0.3, 0.4) is 0 Å². The van der Waals surface area contributed by atoms with Crippen molar-refractivity contribution >= 4 is 11.5 Å². The molecule has 0 fully saturated rings. The third-order valence-electron chi connectivity index (χ3n) is 5.95. The molecule has 3 aromatic rings. The summed E-state index contributed by atoms with van der Waals surface area (Å²) in [5.74, 6) is -0.242. The predicted molar refractivity (Wildman–Crippen MR) is 128 cm³/mol. The Kier molecular flexibility index (Phi) is 7.28. The molecule has 0 radical (unpaired) electrons. The zero-order valence-corrected chi connectivity index (χ0v) is 19.0. The number of allylic oxidation sites excluding steroid dienone is 2. The van der Waals surface area contributed by atoms with Gasteiger partial charge >= 0.3 is 5.97 Å². The highest BCUT2D eigenvalue weighted by atomic mass is 19.1. The molecule has 5 nitrogen and oxygen atoms in total. The quantitative estimate of drug-likeness (QED) is 0.399. The van der Waals surface area contributed by atoms with Crippen LogP contribution in [-0.2, 0) is 11.4 Å². The van der Waals surface area contributed by atoms with Gasteiger partial charge in [0.2, 0.25) is 0 Å². The molecule has 1 atom stereocenters. The molecule has 34 heavy (non-hydrogen) atoms.